The van der Waals surface area contributed by atoms with Crippen molar-refractivity contribution in [2.24, 2.45) is 0 Å². The number of benzene rings is 1. The first-order valence-electron chi connectivity index (χ1n) is 8.81. The smallest absolute Gasteiger partial charge is 0.287 e. The van der Waals surface area contributed by atoms with Crippen LogP contribution in [0.4, 0.5) is 0 Å². The van der Waals surface area contributed by atoms with Gasteiger partial charge in [0, 0.05) is 18.6 Å². The molecule has 0 spiro atoms. The monoisotopic (exact) mass is 342 g/mol. The van der Waals surface area contributed by atoms with Crippen molar-refractivity contribution in [3.05, 3.63) is 53.5 Å². The Bertz CT molecular complexity index is 719. The molecule has 25 heavy (non-hydrogen) atoms. The minimum absolute atomic E-state index is 0.113. The lowest BCUT2D eigenvalue weighted by Crippen LogP contribution is -2.29. The first kappa shape index (κ1) is 17.5. The molecule has 1 heterocycles. The van der Waals surface area contributed by atoms with Crippen molar-refractivity contribution in [1.29, 1.82) is 0 Å². The van der Waals surface area contributed by atoms with Gasteiger partial charge in [0.25, 0.3) is 5.91 Å². The summed E-state index contributed by atoms with van der Waals surface area (Å²) in [5.41, 5.74) is 1.19. The van der Waals surface area contributed by atoms with E-state index in [0.29, 0.717) is 24.4 Å². The van der Waals surface area contributed by atoms with Crippen LogP contribution in [0.1, 0.15) is 48.6 Å². The first-order chi connectivity index (χ1) is 12.0. The highest BCUT2D eigenvalue weighted by atomic mass is 16.5. The summed E-state index contributed by atoms with van der Waals surface area (Å²) in [6.07, 6.45) is 2.14. The van der Waals surface area contributed by atoms with E-state index >= 15 is 0 Å². The number of carbonyl (C=O) groups excluding carboxylic acids is 1. The zero-order valence-electron chi connectivity index (χ0n) is 15.1. The lowest BCUT2D eigenvalue weighted by Gasteiger charge is -2.25. The number of hydrogen-bond acceptors (Lipinski definition) is 4. The van der Waals surface area contributed by atoms with Gasteiger partial charge in [0.05, 0.1) is 13.7 Å². The Morgan fingerprint density at radius 3 is 2.76 bits per heavy atom. The van der Waals surface area contributed by atoms with Crippen molar-refractivity contribution in [2.45, 2.75) is 51.9 Å². The Balaban J connectivity index is 1.65. The van der Waals surface area contributed by atoms with Gasteiger partial charge in [0.1, 0.15) is 11.5 Å². The third-order valence-electron chi connectivity index (χ3n) is 4.41. The van der Waals surface area contributed by atoms with E-state index in [1.165, 1.54) is 5.56 Å². The minimum atomic E-state index is -0.113. The number of hydrogen-bond donors (Lipinski definition) is 1. The SMILES string of the molecule is COc1cccc(CN(Cc2ccc(C(=O)NC3CC3)o2)C(C)C)c1. The predicted molar refractivity (Wildman–Crippen MR) is 96.6 cm³/mol. The Morgan fingerprint density at radius 2 is 2.08 bits per heavy atom. The lowest BCUT2D eigenvalue weighted by atomic mass is 10.1. The molecule has 5 nitrogen and oxygen atoms in total. The quantitative estimate of drug-likeness (QED) is 0.796. The van der Waals surface area contributed by atoms with Crippen molar-refractivity contribution in [3.8, 4) is 5.75 Å². The van der Waals surface area contributed by atoms with Gasteiger partial charge in [-0.05, 0) is 56.5 Å². The number of methoxy groups -OCH3 is 1. The average Bonchev–Trinajstić information content (AvgIpc) is 3.29. The third-order valence-corrected chi connectivity index (χ3v) is 4.41. The topological polar surface area (TPSA) is 54.7 Å². The summed E-state index contributed by atoms with van der Waals surface area (Å²) in [4.78, 5) is 14.4. The van der Waals surface area contributed by atoms with E-state index in [9.17, 15) is 4.79 Å². The maximum absolute atomic E-state index is 12.1. The number of nitrogens with zero attached hydrogens (tertiary/aromatic N) is 1. The summed E-state index contributed by atoms with van der Waals surface area (Å²) in [6, 6.07) is 12.4. The molecule has 2 aromatic rings. The van der Waals surface area contributed by atoms with Gasteiger partial charge in [-0.15, -0.1) is 0 Å². The second-order valence-electron chi connectivity index (χ2n) is 6.86. The van der Waals surface area contributed by atoms with E-state index in [1.54, 1.807) is 13.2 Å². The van der Waals surface area contributed by atoms with Crippen molar-refractivity contribution < 1.29 is 13.9 Å². The summed E-state index contributed by atoms with van der Waals surface area (Å²) in [7, 11) is 1.68. The molecule has 1 aromatic carbocycles. The minimum Gasteiger partial charge on any atom is -0.497 e. The number of amides is 1. The third kappa shape index (κ3) is 4.86. The summed E-state index contributed by atoms with van der Waals surface area (Å²) in [6.45, 7) is 5.76. The van der Waals surface area contributed by atoms with Crippen LogP contribution in [0.15, 0.2) is 40.8 Å². The Morgan fingerprint density at radius 1 is 1.28 bits per heavy atom. The van der Waals surface area contributed by atoms with Crippen molar-refractivity contribution in [3.63, 3.8) is 0 Å². The molecule has 1 N–H and O–H groups in total. The number of carbonyl (C=O) groups is 1. The second kappa shape index (κ2) is 7.74. The standard InChI is InChI=1S/C20H26N2O3/c1-14(2)22(12-15-5-4-6-17(11-15)24-3)13-18-9-10-19(25-18)20(23)21-16-7-8-16/h4-6,9-11,14,16H,7-8,12-13H2,1-3H3,(H,21,23). The molecule has 1 fully saturated rings. The summed E-state index contributed by atoms with van der Waals surface area (Å²) < 4.78 is 11.1. The van der Waals surface area contributed by atoms with Crippen molar-refractivity contribution in [2.75, 3.05) is 7.11 Å². The Hall–Kier alpha value is -2.27. The fourth-order valence-electron chi connectivity index (χ4n) is 2.70. The molecular formula is C20H26N2O3. The molecule has 0 unspecified atom stereocenters. The molecule has 0 saturated heterocycles. The normalized spacial score (nSPS) is 14.1. The Labute approximate surface area is 149 Å². The van der Waals surface area contributed by atoms with Crippen LogP contribution in [0.5, 0.6) is 5.75 Å². The molecule has 1 aromatic heterocycles. The van der Waals surface area contributed by atoms with E-state index in [0.717, 1.165) is 30.9 Å². The highest BCUT2D eigenvalue weighted by Crippen LogP contribution is 2.21. The van der Waals surface area contributed by atoms with Crippen molar-refractivity contribution in [1.82, 2.24) is 10.2 Å². The molecule has 5 heteroatoms. The van der Waals surface area contributed by atoms with Gasteiger partial charge < -0.3 is 14.5 Å². The number of furan rings is 1. The molecule has 0 atom stereocenters. The number of nitrogens with one attached hydrogen (secondary N) is 1. The number of ether oxygens (including phenoxy) is 1. The molecule has 3 rings (SSSR count). The van der Waals surface area contributed by atoms with Gasteiger partial charge >= 0.3 is 0 Å². The van der Waals surface area contributed by atoms with Crippen LogP contribution in [0.3, 0.4) is 0 Å². The van der Waals surface area contributed by atoms with Crippen LogP contribution < -0.4 is 10.1 Å². The van der Waals surface area contributed by atoms with Crippen LogP contribution in [0.25, 0.3) is 0 Å². The molecule has 0 aliphatic heterocycles. The average molecular weight is 342 g/mol. The maximum atomic E-state index is 12.1. The van der Waals surface area contributed by atoms with E-state index in [4.69, 9.17) is 9.15 Å². The first-order valence-corrected chi connectivity index (χ1v) is 8.81. The highest BCUT2D eigenvalue weighted by molar-refractivity contribution is 5.91. The largest absolute Gasteiger partial charge is 0.497 e. The zero-order chi connectivity index (χ0) is 17.8. The van der Waals surface area contributed by atoms with Gasteiger partial charge in [-0.3, -0.25) is 9.69 Å². The molecule has 1 aliphatic carbocycles. The molecule has 134 valence electrons. The van der Waals surface area contributed by atoms with Crippen LogP contribution >= 0.6 is 0 Å². The van der Waals surface area contributed by atoms with Crippen molar-refractivity contribution >= 4 is 5.91 Å². The molecular weight excluding hydrogens is 316 g/mol. The van der Waals surface area contributed by atoms with Crippen LogP contribution in [0.2, 0.25) is 0 Å². The molecule has 1 aliphatic rings. The second-order valence-corrected chi connectivity index (χ2v) is 6.86. The van der Waals surface area contributed by atoms with Gasteiger partial charge in [-0.2, -0.15) is 0 Å². The predicted octanol–water partition coefficient (Wildman–Crippen LogP) is 3.59. The fourth-order valence-corrected chi connectivity index (χ4v) is 2.70. The number of rotatable bonds is 8. The van der Waals surface area contributed by atoms with Gasteiger partial charge in [-0.25, -0.2) is 0 Å². The van der Waals surface area contributed by atoms with E-state index < -0.39 is 0 Å². The van der Waals surface area contributed by atoms with E-state index in [2.05, 4.69) is 30.1 Å². The van der Waals surface area contributed by atoms with Gasteiger partial charge in [0.15, 0.2) is 5.76 Å². The van der Waals surface area contributed by atoms with Crippen LogP contribution in [0, 0.1) is 0 Å². The van der Waals surface area contributed by atoms with E-state index in [1.807, 2.05) is 24.3 Å². The highest BCUT2D eigenvalue weighted by Gasteiger charge is 2.25. The summed E-state index contributed by atoms with van der Waals surface area (Å²) in [5, 5.41) is 2.95. The summed E-state index contributed by atoms with van der Waals surface area (Å²) in [5.74, 6) is 1.94. The fraction of sp³-hybridized carbons (Fsp3) is 0.450. The molecule has 1 saturated carbocycles. The van der Waals surface area contributed by atoms with Gasteiger partial charge in [-0.1, -0.05) is 12.1 Å². The maximum Gasteiger partial charge on any atom is 0.287 e. The lowest BCUT2D eigenvalue weighted by molar-refractivity contribution is 0.0918. The Kier molecular flexibility index (Phi) is 5.43. The van der Waals surface area contributed by atoms with Crippen LogP contribution in [-0.2, 0) is 13.1 Å². The molecule has 1 amide bonds. The van der Waals surface area contributed by atoms with Crippen LogP contribution in [-0.4, -0.2) is 30.0 Å². The van der Waals surface area contributed by atoms with Gasteiger partial charge in [0.2, 0.25) is 0 Å². The molecule has 0 bridgehead atoms. The molecule has 0 radical (unpaired) electrons. The van der Waals surface area contributed by atoms with E-state index in [-0.39, 0.29) is 5.91 Å². The summed E-state index contributed by atoms with van der Waals surface area (Å²) >= 11 is 0. The zero-order valence-corrected chi connectivity index (χ0v) is 15.1.